The molecule has 0 saturated carbocycles. The Morgan fingerprint density at radius 1 is 1.06 bits per heavy atom. The zero-order valence-electron chi connectivity index (χ0n) is 19.9. The Morgan fingerprint density at radius 2 is 1.81 bits per heavy atom. The minimum atomic E-state index is -4.76. The highest BCUT2D eigenvalue weighted by Crippen LogP contribution is 2.26. The van der Waals surface area contributed by atoms with Crippen LogP contribution in [0.1, 0.15) is 6.92 Å². The second-order valence-corrected chi connectivity index (χ2v) is 8.11. The third-order valence-electron chi connectivity index (χ3n) is 5.66. The largest absolute Gasteiger partial charge is 0.573 e. The number of rotatable bonds is 10. The normalized spacial score (nSPS) is 14.8. The first-order valence-corrected chi connectivity index (χ1v) is 11.7. The molecule has 0 radical (unpaired) electrons. The molecule has 0 aliphatic carbocycles. The fraction of sp³-hybridized carbons (Fsp3) is 0.458. The SMILES string of the molecule is CCOCCn1c(=O)c(NCCN2CCOCC2)nc2ccc(-c3ccc(OC(F)(F)F)cc3)nc21. The first kappa shape index (κ1) is 25.9. The van der Waals surface area contributed by atoms with Gasteiger partial charge >= 0.3 is 6.36 Å². The minimum absolute atomic E-state index is 0.232. The molecule has 12 heteroatoms. The van der Waals surface area contributed by atoms with Gasteiger partial charge in [0.25, 0.3) is 5.56 Å². The number of hydrogen-bond acceptors (Lipinski definition) is 8. The Morgan fingerprint density at radius 3 is 2.50 bits per heavy atom. The molecule has 36 heavy (non-hydrogen) atoms. The average molecular weight is 508 g/mol. The molecule has 1 aliphatic rings. The van der Waals surface area contributed by atoms with Crippen LogP contribution >= 0.6 is 0 Å². The van der Waals surface area contributed by atoms with Crippen molar-refractivity contribution in [1.82, 2.24) is 19.4 Å². The van der Waals surface area contributed by atoms with Gasteiger partial charge in [-0.05, 0) is 43.3 Å². The third-order valence-corrected chi connectivity index (χ3v) is 5.66. The van der Waals surface area contributed by atoms with Gasteiger partial charge in [0.2, 0.25) is 0 Å². The number of alkyl halides is 3. The second-order valence-electron chi connectivity index (χ2n) is 8.11. The van der Waals surface area contributed by atoms with Crippen LogP contribution in [0.3, 0.4) is 0 Å². The summed E-state index contributed by atoms with van der Waals surface area (Å²) in [6.45, 7) is 7.38. The molecular weight excluding hydrogens is 479 g/mol. The van der Waals surface area contributed by atoms with Crippen LogP contribution in [-0.2, 0) is 16.0 Å². The molecule has 194 valence electrons. The lowest BCUT2D eigenvalue weighted by Gasteiger charge is -2.26. The van der Waals surface area contributed by atoms with E-state index in [0.29, 0.717) is 55.4 Å². The van der Waals surface area contributed by atoms with Gasteiger partial charge in [0.1, 0.15) is 11.3 Å². The number of halogens is 3. The monoisotopic (exact) mass is 507 g/mol. The molecule has 3 aromatic rings. The minimum Gasteiger partial charge on any atom is -0.406 e. The second kappa shape index (κ2) is 11.7. The molecule has 9 nitrogen and oxygen atoms in total. The van der Waals surface area contributed by atoms with E-state index >= 15 is 0 Å². The summed E-state index contributed by atoms with van der Waals surface area (Å²) in [7, 11) is 0. The van der Waals surface area contributed by atoms with Crippen LogP contribution in [0.5, 0.6) is 5.75 Å². The van der Waals surface area contributed by atoms with E-state index in [-0.39, 0.29) is 23.7 Å². The Hall–Kier alpha value is -3.22. The summed E-state index contributed by atoms with van der Waals surface area (Å²) in [6.07, 6.45) is -4.76. The van der Waals surface area contributed by atoms with Crippen molar-refractivity contribution >= 4 is 17.0 Å². The zero-order valence-corrected chi connectivity index (χ0v) is 19.9. The van der Waals surface area contributed by atoms with E-state index in [1.807, 2.05) is 6.92 Å². The van der Waals surface area contributed by atoms with Crippen LogP contribution in [0.2, 0.25) is 0 Å². The summed E-state index contributed by atoms with van der Waals surface area (Å²) in [4.78, 5) is 24.6. The Kier molecular flexibility index (Phi) is 8.39. The van der Waals surface area contributed by atoms with Crippen molar-refractivity contribution in [3.63, 3.8) is 0 Å². The van der Waals surface area contributed by atoms with Crippen LogP contribution in [0.15, 0.2) is 41.2 Å². The molecule has 0 bridgehead atoms. The van der Waals surface area contributed by atoms with Crippen molar-refractivity contribution in [3.05, 3.63) is 46.8 Å². The van der Waals surface area contributed by atoms with Crippen LogP contribution in [0, 0.1) is 0 Å². The first-order chi connectivity index (χ1) is 17.3. The van der Waals surface area contributed by atoms with E-state index < -0.39 is 6.36 Å². The van der Waals surface area contributed by atoms with Crippen LogP contribution in [0.25, 0.3) is 22.4 Å². The van der Waals surface area contributed by atoms with Crippen molar-refractivity contribution in [1.29, 1.82) is 0 Å². The van der Waals surface area contributed by atoms with E-state index in [1.54, 1.807) is 12.1 Å². The molecule has 1 fully saturated rings. The van der Waals surface area contributed by atoms with Crippen molar-refractivity contribution in [2.24, 2.45) is 0 Å². The van der Waals surface area contributed by atoms with Crippen molar-refractivity contribution in [2.75, 3.05) is 57.9 Å². The number of nitrogens with one attached hydrogen (secondary N) is 1. The van der Waals surface area contributed by atoms with Gasteiger partial charge in [-0.15, -0.1) is 13.2 Å². The highest BCUT2D eigenvalue weighted by molar-refractivity contribution is 5.76. The molecule has 2 aromatic heterocycles. The summed E-state index contributed by atoms with van der Waals surface area (Å²) >= 11 is 0. The number of pyridine rings is 1. The molecule has 0 unspecified atom stereocenters. The molecule has 4 rings (SSSR count). The number of fused-ring (bicyclic) bond motifs is 1. The van der Waals surface area contributed by atoms with E-state index in [9.17, 15) is 18.0 Å². The highest BCUT2D eigenvalue weighted by Gasteiger charge is 2.31. The van der Waals surface area contributed by atoms with E-state index in [1.165, 1.54) is 28.8 Å². The standard InChI is InChI=1S/C24H28F3N5O4/c1-2-34-16-13-32-22-20(29-21(23(32)33)28-9-10-31-11-14-35-15-12-31)8-7-19(30-22)17-3-5-18(6-4-17)36-24(25,26)27/h3-8H,2,9-16H2,1H3,(H,28,29). The number of morpholine rings is 1. The summed E-state index contributed by atoms with van der Waals surface area (Å²) in [6, 6.07) is 8.85. The fourth-order valence-corrected chi connectivity index (χ4v) is 3.89. The van der Waals surface area contributed by atoms with Gasteiger partial charge < -0.3 is 19.5 Å². The highest BCUT2D eigenvalue weighted by atomic mass is 19.4. The predicted molar refractivity (Wildman–Crippen MR) is 128 cm³/mol. The fourth-order valence-electron chi connectivity index (χ4n) is 3.89. The van der Waals surface area contributed by atoms with Crippen LogP contribution in [0.4, 0.5) is 19.0 Å². The van der Waals surface area contributed by atoms with Gasteiger partial charge in [-0.1, -0.05) is 0 Å². The van der Waals surface area contributed by atoms with Gasteiger partial charge in [0.15, 0.2) is 11.5 Å². The lowest BCUT2D eigenvalue weighted by Crippen LogP contribution is -2.39. The zero-order chi connectivity index (χ0) is 25.5. The smallest absolute Gasteiger partial charge is 0.406 e. The van der Waals surface area contributed by atoms with Crippen LogP contribution in [-0.4, -0.2) is 78.4 Å². The van der Waals surface area contributed by atoms with Gasteiger partial charge in [-0.3, -0.25) is 14.3 Å². The maximum atomic E-state index is 13.3. The average Bonchev–Trinajstić information content (AvgIpc) is 2.86. The lowest BCUT2D eigenvalue weighted by molar-refractivity contribution is -0.274. The Labute approximate surface area is 205 Å². The molecule has 0 atom stereocenters. The molecule has 0 spiro atoms. The van der Waals surface area contributed by atoms with E-state index in [2.05, 4.69) is 24.9 Å². The van der Waals surface area contributed by atoms with Crippen molar-refractivity contribution < 1.29 is 27.4 Å². The van der Waals surface area contributed by atoms with Crippen molar-refractivity contribution in [3.8, 4) is 17.0 Å². The molecule has 1 N–H and O–H groups in total. The topological polar surface area (TPSA) is 90.7 Å². The number of ether oxygens (including phenoxy) is 3. The molecule has 1 aromatic carbocycles. The van der Waals surface area contributed by atoms with E-state index in [4.69, 9.17) is 9.47 Å². The number of benzene rings is 1. The maximum Gasteiger partial charge on any atom is 0.573 e. The van der Waals surface area contributed by atoms with Gasteiger partial charge in [-0.2, -0.15) is 0 Å². The molecule has 0 amide bonds. The summed E-state index contributed by atoms with van der Waals surface area (Å²) in [5.41, 5.74) is 1.62. The number of anilines is 1. The number of aromatic nitrogens is 3. The molecular formula is C24H28F3N5O4. The summed E-state index contributed by atoms with van der Waals surface area (Å²) < 4.78 is 53.6. The molecule has 1 aliphatic heterocycles. The molecule has 3 heterocycles. The number of nitrogens with zero attached hydrogens (tertiary/aromatic N) is 4. The van der Waals surface area contributed by atoms with Crippen LogP contribution < -0.4 is 15.6 Å². The number of hydrogen-bond donors (Lipinski definition) is 1. The van der Waals surface area contributed by atoms with Gasteiger partial charge in [0.05, 0.1) is 32.1 Å². The third kappa shape index (κ3) is 6.71. The maximum absolute atomic E-state index is 13.3. The summed E-state index contributed by atoms with van der Waals surface area (Å²) in [5.74, 6) is -0.0921. The predicted octanol–water partition coefficient (Wildman–Crippen LogP) is 3.14. The quantitative estimate of drug-likeness (QED) is 0.419. The lowest BCUT2D eigenvalue weighted by atomic mass is 10.1. The first-order valence-electron chi connectivity index (χ1n) is 11.7. The Balaban J connectivity index is 1.60. The van der Waals surface area contributed by atoms with Crippen molar-refractivity contribution in [2.45, 2.75) is 19.8 Å². The van der Waals surface area contributed by atoms with Gasteiger partial charge in [-0.25, -0.2) is 9.97 Å². The Bertz CT molecular complexity index is 1210. The summed E-state index contributed by atoms with van der Waals surface area (Å²) in [5, 5.41) is 3.15. The van der Waals surface area contributed by atoms with Gasteiger partial charge in [0, 0.05) is 38.3 Å². The molecule has 1 saturated heterocycles. The van der Waals surface area contributed by atoms with E-state index in [0.717, 1.165) is 19.6 Å².